The Morgan fingerprint density at radius 2 is 1.78 bits per heavy atom. The van der Waals surface area contributed by atoms with Crippen molar-refractivity contribution in [2.24, 2.45) is 0 Å². The van der Waals surface area contributed by atoms with Gasteiger partial charge in [0.15, 0.2) is 6.26 Å². The number of hydrogen-bond acceptors (Lipinski definition) is 2. The Labute approximate surface area is 58.3 Å². The van der Waals surface area contributed by atoms with E-state index in [2.05, 4.69) is 0 Å². The summed E-state index contributed by atoms with van der Waals surface area (Å²) in [4.78, 5) is 0. The summed E-state index contributed by atoms with van der Waals surface area (Å²) in [5.41, 5.74) is 0. The van der Waals surface area contributed by atoms with E-state index in [1.807, 2.05) is 6.26 Å². The van der Waals surface area contributed by atoms with E-state index in [0.29, 0.717) is 12.2 Å². The molecular formula is C6H11O2S+. The Morgan fingerprint density at radius 3 is 2.33 bits per heavy atom. The van der Waals surface area contributed by atoms with E-state index in [9.17, 15) is 0 Å². The van der Waals surface area contributed by atoms with Crippen molar-refractivity contribution in [1.29, 1.82) is 0 Å². The third-order valence-electron chi connectivity index (χ3n) is 1.91. The van der Waals surface area contributed by atoms with Crippen molar-refractivity contribution >= 4 is 11.5 Å². The molecule has 0 aromatic carbocycles. The summed E-state index contributed by atoms with van der Waals surface area (Å²) in [6.45, 7) is 0. The molecule has 0 N–H and O–H groups in total. The zero-order valence-corrected chi connectivity index (χ0v) is 6.32. The largest absolute Gasteiger partial charge is 0.312 e. The molecule has 52 valence electrons. The predicted octanol–water partition coefficient (Wildman–Crippen LogP) is 1.03. The van der Waals surface area contributed by atoms with Crippen molar-refractivity contribution in [3.05, 3.63) is 0 Å². The molecule has 2 atom stereocenters. The van der Waals surface area contributed by atoms with Gasteiger partial charge in [-0.15, -0.1) is 8.37 Å². The summed E-state index contributed by atoms with van der Waals surface area (Å²) < 4.78 is 11.0. The van der Waals surface area contributed by atoms with Gasteiger partial charge in [0.25, 0.3) is 0 Å². The van der Waals surface area contributed by atoms with Gasteiger partial charge in [0.1, 0.15) is 12.2 Å². The van der Waals surface area contributed by atoms with Crippen LogP contribution in [0.25, 0.3) is 0 Å². The number of fused-ring (bicyclic) bond motifs is 1. The molecule has 9 heavy (non-hydrogen) atoms. The molecular weight excluding hydrogens is 136 g/mol. The van der Waals surface area contributed by atoms with Crippen LogP contribution < -0.4 is 0 Å². The van der Waals surface area contributed by atoms with Crippen molar-refractivity contribution in [1.82, 2.24) is 0 Å². The van der Waals surface area contributed by atoms with Gasteiger partial charge in [0.05, 0.1) is 0 Å². The fourth-order valence-electron chi connectivity index (χ4n) is 1.48. The quantitative estimate of drug-likeness (QED) is 0.476. The highest BCUT2D eigenvalue weighted by Crippen LogP contribution is 2.33. The molecule has 0 radical (unpaired) electrons. The average molecular weight is 147 g/mol. The van der Waals surface area contributed by atoms with Crippen molar-refractivity contribution < 1.29 is 8.37 Å². The smallest absolute Gasteiger partial charge is 0.135 e. The Bertz CT molecular complexity index is 106. The van der Waals surface area contributed by atoms with Crippen molar-refractivity contribution in [2.45, 2.75) is 31.5 Å². The molecule has 2 nitrogen and oxygen atoms in total. The van der Waals surface area contributed by atoms with Gasteiger partial charge in [-0.25, -0.2) is 0 Å². The minimum absolute atomic E-state index is 0.182. The first-order valence-electron chi connectivity index (χ1n) is 3.36. The molecule has 0 bridgehead atoms. The van der Waals surface area contributed by atoms with Crippen LogP contribution in [0, 0.1) is 0 Å². The van der Waals surface area contributed by atoms with E-state index < -0.39 is 0 Å². The second-order valence-corrected chi connectivity index (χ2v) is 3.79. The van der Waals surface area contributed by atoms with Gasteiger partial charge in [0, 0.05) is 0 Å². The summed E-state index contributed by atoms with van der Waals surface area (Å²) >= 11 is -0.182. The van der Waals surface area contributed by atoms with Crippen molar-refractivity contribution in [2.75, 3.05) is 6.26 Å². The van der Waals surface area contributed by atoms with Gasteiger partial charge >= 0.3 is 11.5 Å². The molecule has 2 fully saturated rings. The van der Waals surface area contributed by atoms with Crippen LogP contribution in [0.15, 0.2) is 0 Å². The maximum atomic E-state index is 5.49. The minimum Gasteiger partial charge on any atom is -0.135 e. The summed E-state index contributed by atoms with van der Waals surface area (Å²) in [7, 11) is 0. The Morgan fingerprint density at radius 1 is 1.22 bits per heavy atom. The van der Waals surface area contributed by atoms with Crippen LogP contribution in [0.1, 0.15) is 19.3 Å². The maximum Gasteiger partial charge on any atom is 0.312 e. The molecule has 2 unspecified atom stereocenters. The lowest BCUT2D eigenvalue weighted by Gasteiger charge is -1.93. The van der Waals surface area contributed by atoms with Crippen molar-refractivity contribution in [3.8, 4) is 0 Å². The molecule has 1 heterocycles. The maximum absolute atomic E-state index is 5.49. The molecule has 2 rings (SSSR count). The predicted molar refractivity (Wildman–Crippen MR) is 36.9 cm³/mol. The molecule has 0 spiro atoms. The van der Waals surface area contributed by atoms with Gasteiger partial charge in [-0.3, -0.25) is 0 Å². The van der Waals surface area contributed by atoms with E-state index >= 15 is 0 Å². The fraction of sp³-hybridized carbons (Fsp3) is 1.00. The third-order valence-corrected chi connectivity index (χ3v) is 2.95. The first-order chi connectivity index (χ1) is 4.36. The Kier molecular flexibility index (Phi) is 1.43. The Hall–Kier alpha value is 0.270. The van der Waals surface area contributed by atoms with E-state index in [0.717, 1.165) is 0 Å². The molecule has 2 aliphatic rings. The van der Waals surface area contributed by atoms with Gasteiger partial charge in [-0.1, -0.05) is 0 Å². The monoisotopic (exact) mass is 147 g/mol. The molecule has 0 aromatic rings. The van der Waals surface area contributed by atoms with E-state index in [4.69, 9.17) is 8.37 Å². The highest BCUT2D eigenvalue weighted by molar-refractivity contribution is 7.87. The third kappa shape index (κ3) is 0.974. The first-order valence-corrected chi connectivity index (χ1v) is 4.85. The summed E-state index contributed by atoms with van der Waals surface area (Å²) in [5, 5.41) is 0. The van der Waals surface area contributed by atoms with Gasteiger partial charge in [-0.2, -0.15) is 0 Å². The first kappa shape index (κ1) is 6.01. The van der Waals surface area contributed by atoms with Crippen LogP contribution in [-0.4, -0.2) is 18.5 Å². The lowest BCUT2D eigenvalue weighted by Crippen LogP contribution is -2.13. The number of rotatable bonds is 0. The molecule has 0 amide bonds. The molecule has 1 aliphatic heterocycles. The molecule has 1 saturated carbocycles. The molecule has 1 saturated heterocycles. The molecule has 0 aromatic heterocycles. The van der Waals surface area contributed by atoms with Gasteiger partial charge in [0.2, 0.25) is 0 Å². The molecule has 1 aliphatic carbocycles. The van der Waals surface area contributed by atoms with Gasteiger partial charge in [-0.05, 0) is 19.3 Å². The summed E-state index contributed by atoms with van der Waals surface area (Å²) in [6, 6.07) is 0. The summed E-state index contributed by atoms with van der Waals surface area (Å²) in [5.74, 6) is 0. The summed E-state index contributed by atoms with van der Waals surface area (Å²) in [6.07, 6.45) is 6.59. The second-order valence-electron chi connectivity index (χ2n) is 2.60. The van der Waals surface area contributed by atoms with Crippen LogP contribution in [0.5, 0.6) is 0 Å². The zero-order valence-electron chi connectivity index (χ0n) is 5.50. The van der Waals surface area contributed by atoms with Crippen LogP contribution >= 0.6 is 0 Å². The van der Waals surface area contributed by atoms with Crippen LogP contribution in [0.2, 0.25) is 0 Å². The highest BCUT2D eigenvalue weighted by Gasteiger charge is 2.46. The van der Waals surface area contributed by atoms with Crippen LogP contribution in [0.3, 0.4) is 0 Å². The average Bonchev–Trinajstić information content (AvgIpc) is 2.22. The number of hydrogen-bond donors (Lipinski definition) is 0. The standard InChI is InChI=1S/C6H11O2S/c1-9-7-5-3-2-4-6(5)8-9/h5-6H,2-4H2,1H3/q+1. The Balaban J connectivity index is 2.02. The van der Waals surface area contributed by atoms with E-state index in [1.165, 1.54) is 19.3 Å². The van der Waals surface area contributed by atoms with E-state index in [1.54, 1.807) is 0 Å². The van der Waals surface area contributed by atoms with Crippen LogP contribution in [0.4, 0.5) is 0 Å². The van der Waals surface area contributed by atoms with E-state index in [-0.39, 0.29) is 11.5 Å². The lowest BCUT2D eigenvalue weighted by atomic mass is 10.3. The van der Waals surface area contributed by atoms with Crippen molar-refractivity contribution in [3.63, 3.8) is 0 Å². The minimum atomic E-state index is -0.182. The lowest BCUT2D eigenvalue weighted by molar-refractivity contribution is 0.187. The zero-order chi connectivity index (χ0) is 6.27. The normalized spacial score (nSPS) is 49.7. The highest BCUT2D eigenvalue weighted by atomic mass is 32.2. The van der Waals surface area contributed by atoms with Gasteiger partial charge < -0.3 is 0 Å². The second kappa shape index (κ2) is 2.15. The SMILES string of the molecule is C[S+]1OC2CCCC2O1. The fourth-order valence-corrected chi connectivity index (χ4v) is 2.66. The topological polar surface area (TPSA) is 18.5 Å². The molecule has 3 heteroatoms. The van der Waals surface area contributed by atoms with Crippen LogP contribution in [-0.2, 0) is 19.8 Å².